The van der Waals surface area contributed by atoms with Crippen LogP contribution < -0.4 is 31.4 Å². The van der Waals surface area contributed by atoms with Crippen LogP contribution in [0.5, 0.6) is 17.2 Å². The van der Waals surface area contributed by atoms with E-state index in [1.54, 1.807) is 18.5 Å². The Morgan fingerprint density at radius 2 is 0.966 bits per heavy atom. The van der Waals surface area contributed by atoms with Crippen molar-refractivity contribution >= 4 is 33.7 Å². The molecule has 0 unspecified atom stereocenters. The van der Waals surface area contributed by atoms with Crippen LogP contribution in [0.15, 0.2) is 179 Å². The first-order chi connectivity index (χ1) is 42.5. The molecule has 6 aliphatic heterocycles. The molecule has 3 saturated heterocycles. The second kappa shape index (κ2) is 24.6. The highest BCUT2D eigenvalue weighted by Gasteiger charge is 2.50. The summed E-state index contributed by atoms with van der Waals surface area (Å²) in [4.78, 5) is 49.4. The summed E-state index contributed by atoms with van der Waals surface area (Å²) in [5, 5.41) is 0. The van der Waals surface area contributed by atoms with Crippen LogP contribution in [-0.2, 0) is 40.7 Å². The minimum atomic E-state index is -0.0527. The molecule has 8 heterocycles. The molecule has 0 radical (unpaired) electrons. The number of halogens is 1. The number of piperidine rings is 3. The second-order valence-corrected chi connectivity index (χ2v) is 25.5. The van der Waals surface area contributed by atoms with Crippen molar-refractivity contribution in [1.29, 1.82) is 0 Å². The Balaban J connectivity index is 0.000000121. The van der Waals surface area contributed by atoms with E-state index < -0.39 is 0 Å². The summed E-state index contributed by atoms with van der Waals surface area (Å²) in [6.45, 7) is 8.13. The van der Waals surface area contributed by atoms with Gasteiger partial charge in [0.15, 0.2) is 5.76 Å². The first kappa shape index (κ1) is 58.0. The van der Waals surface area contributed by atoms with Crippen LogP contribution in [0.1, 0.15) is 111 Å². The lowest BCUT2D eigenvalue weighted by molar-refractivity contribution is -0.134. The smallest absolute Gasteiger partial charge is 0.289 e. The minimum Gasteiger partial charge on any atom is -0.492 e. The number of amides is 3. The van der Waals surface area contributed by atoms with E-state index in [4.69, 9.17) is 35.8 Å². The van der Waals surface area contributed by atoms with E-state index in [9.17, 15) is 14.4 Å². The van der Waals surface area contributed by atoms with Crippen molar-refractivity contribution in [2.75, 3.05) is 59.1 Å². The van der Waals surface area contributed by atoms with Crippen molar-refractivity contribution < 1.29 is 33.0 Å². The lowest BCUT2D eigenvalue weighted by Gasteiger charge is -2.38. The Hall–Kier alpha value is -8.08. The number of aromatic nitrogens is 1. The van der Waals surface area contributed by atoms with Gasteiger partial charge in [-0.3, -0.25) is 19.4 Å². The Morgan fingerprint density at radius 3 is 1.46 bits per heavy atom. The third-order valence-electron chi connectivity index (χ3n) is 19.5. The highest BCUT2D eigenvalue weighted by Crippen LogP contribution is 2.52. The predicted molar refractivity (Wildman–Crippen MR) is 339 cm³/mol. The summed E-state index contributed by atoms with van der Waals surface area (Å²) in [5.74, 6) is 4.93. The van der Waals surface area contributed by atoms with Gasteiger partial charge in [0.25, 0.3) is 11.8 Å². The zero-order chi connectivity index (χ0) is 59.7. The van der Waals surface area contributed by atoms with E-state index in [1.807, 2.05) is 113 Å². The quantitative estimate of drug-likeness (QED) is 0.125. The molecule has 6 aromatic carbocycles. The van der Waals surface area contributed by atoms with Crippen LogP contribution in [0.2, 0.25) is 0 Å². The van der Waals surface area contributed by atoms with Gasteiger partial charge >= 0.3 is 0 Å². The van der Waals surface area contributed by atoms with Crippen molar-refractivity contribution in [3.05, 3.63) is 225 Å². The molecule has 15 heteroatoms. The Morgan fingerprint density at radius 1 is 0.494 bits per heavy atom. The van der Waals surface area contributed by atoms with Gasteiger partial charge in [0.2, 0.25) is 5.91 Å². The Labute approximate surface area is 517 Å². The maximum absolute atomic E-state index is 13.2. The number of pyridine rings is 1. The lowest BCUT2D eigenvalue weighted by Crippen LogP contribution is -2.46. The third kappa shape index (κ3) is 11.7. The SMILES string of the molecule is NCc1ccc2c(c1)C1(CCN(C(=O)[C@@H]3C[C@H]3c3ccccc3)CC1)CO2.NCc1ccc2c(c1)C1(CCN(C(=O)c3ccc(-c4ccc(Br)cc4)o3)CC1)CO2.NCc1ccc2c(c1)C1(CCN(C(=O)c3cncc(-c4ccccc4)c3)CC1)CO2. The Bertz CT molecular complexity index is 3790. The van der Waals surface area contributed by atoms with Crippen molar-refractivity contribution in [1.82, 2.24) is 19.7 Å². The van der Waals surface area contributed by atoms with Gasteiger partial charge in [0.1, 0.15) is 23.0 Å². The number of furan rings is 1. The number of hydrogen-bond acceptors (Lipinski definition) is 11. The molecule has 1 aliphatic carbocycles. The molecule has 8 aromatic rings. The molecule has 14 nitrogen and oxygen atoms in total. The van der Waals surface area contributed by atoms with Gasteiger partial charge in [-0.1, -0.05) is 125 Å². The monoisotopic (exact) mass is 1230 g/mol. The molecule has 3 amide bonds. The molecule has 87 heavy (non-hydrogen) atoms. The van der Waals surface area contributed by atoms with Crippen LogP contribution in [-0.4, -0.2) is 96.5 Å². The number of nitrogens with zero attached hydrogens (tertiary/aromatic N) is 4. The highest BCUT2D eigenvalue weighted by molar-refractivity contribution is 9.10. The van der Waals surface area contributed by atoms with Gasteiger partial charge in [0.05, 0.1) is 25.4 Å². The molecule has 7 aliphatic rings. The summed E-state index contributed by atoms with van der Waals surface area (Å²) in [7, 11) is 0. The van der Waals surface area contributed by atoms with Gasteiger partial charge in [-0.25, -0.2) is 0 Å². The van der Waals surface area contributed by atoms with Gasteiger partial charge in [-0.05, 0) is 127 Å². The van der Waals surface area contributed by atoms with E-state index in [1.165, 1.54) is 22.3 Å². The number of rotatable bonds is 9. The van der Waals surface area contributed by atoms with Crippen LogP contribution in [0.4, 0.5) is 0 Å². The van der Waals surface area contributed by atoms with Gasteiger partial charge < -0.3 is 50.5 Å². The van der Waals surface area contributed by atoms with Gasteiger partial charge in [-0.15, -0.1) is 0 Å². The largest absolute Gasteiger partial charge is 0.492 e. The molecule has 446 valence electrons. The molecule has 2 atom stereocenters. The van der Waals surface area contributed by atoms with Crippen LogP contribution >= 0.6 is 15.9 Å². The topological polar surface area (TPSA) is 193 Å². The molecule has 15 rings (SSSR count). The summed E-state index contributed by atoms with van der Waals surface area (Å²) < 4.78 is 24.8. The molecule has 6 N–H and O–H groups in total. The number of nitrogens with two attached hydrogens (primary N) is 3. The zero-order valence-electron chi connectivity index (χ0n) is 49.0. The summed E-state index contributed by atoms with van der Waals surface area (Å²) >= 11 is 3.44. The minimum absolute atomic E-state index is 0.0125. The van der Waals surface area contributed by atoms with Crippen LogP contribution in [0.25, 0.3) is 22.5 Å². The van der Waals surface area contributed by atoms with Crippen LogP contribution in [0.3, 0.4) is 0 Å². The summed E-state index contributed by atoms with van der Waals surface area (Å²) in [6, 6.07) is 52.7. The number of fused-ring (bicyclic) bond motifs is 6. The molecule has 0 bridgehead atoms. The number of carbonyl (C=O) groups is 3. The average Bonchev–Trinajstić information content (AvgIpc) is 1.74. The number of likely N-dealkylation sites (tertiary alicyclic amines) is 3. The lowest BCUT2D eigenvalue weighted by atomic mass is 9.74. The standard InChI is InChI=1S/C25H25N3O2.C24H23BrN2O3.C23H26N2O2/c26-14-18-6-7-23-22(12-18)25(17-30-23)8-10-28(11-9-25)24(29)21-13-20(15-27-16-21)19-4-2-1-3-5-19;25-18-4-2-17(3-5-18)20-7-8-22(30-20)23(28)27-11-9-24(10-12-27)15-29-21-6-1-16(14-26)13-19(21)24;24-14-16-6-7-21-20(12-16)23(15-27-21)8-10-25(11-9-23)22(26)19-13-18(19)17-4-2-1-3-5-17/h1-7,12-13,15-16H,8-11,14,17,26H2;1-8,13H,9-12,14-15,26H2;1-7,12,18-19H,8-11,13-15,24H2/t;;18-,19+/m..0/s1. The van der Waals surface area contributed by atoms with Crippen molar-refractivity contribution in [2.45, 2.75) is 86.7 Å². The first-order valence-electron chi connectivity index (χ1n) is 30.6. The molecule has 2 aromatic heterocycles. The van der Waals surface area contributed by atoms with Gasteiger partial charge in [-0.2, -0.15) is 0 Å². The Kier molecular flexibility index (Phi) is 16.4. The summed E-state index contributed by atoms with van der Waals surface area (Å²) in [5.41, 5.74) is 29.6. The molecule has 1 saturated carbocycles. The number of hydrogen-bond donors (Lipinski definition) is 3. The third-order valence-corrected chi connectivity index (χ3v) is 20.0. The zero-order valence-corrected chi connectivity index (χ0v) is 50.6. The van der Waals surface area contributed by atoms with Crippen molar-refractivity contribution in [2.24, 2.45) is 23.1 Å². The fourth-order valence-electron chi connectivity index (χ4n) is 14.0. The van der Waals surface area contributed by atoms with Crippen molar-refractivity contribution in [3.63, 3.8) is 0 Å². The maximum atomic E-state index is 13.2. The number of benzene rings is 6. The maximum Gasteiger partial charge on any atom is 0.289 e. The van der Waals surface area contributed by atoms with E-state index in [0.717, 1.165) is 120 Å². The molecular weight excluding hydrogens is 1150 g/mol. The number of ether oxygens (including phenoxy) is 3. The fourth-order valence-corrected chi connectivity index (χ4v) is 14.2. The second-order valence-electron chi connectivity index (χ2n) is 24.6. The predicted octanol–water partition coefficient (Wildman–Crippen LogP) is 11.7. The normalized spacial score (nSPS) is 19.5. The van der Waals surface area contributed by atoms with E-state index >= 15 is 0 Å². The van der Waals surface area contributed by atoms with Gasteiger partial charge in [0, 0.05) is 126 Å². The van der Waals surface area contributed by atoms with E-state index in [-0.39, 0.29) is 34.0 Å². The first-order valence-corrected chi connectivity index (χ1v) is 31.4. The molecule has 3 spiro atoms. The van der Waals surface area contributed by atoms with Crippen molar-refractivity contribution in [3.8, 4) is 39.7 Å². The average molecular weight is 1230 g/mol. The van der Waals surface area contributed by atoms with Crippen LogP contribution in [0, 0.1) is 5.92 Å². The molecular formula is C72H74BrN7O7. The summed E-state index contributed by atoms with van der Waals surface area (Å²) in [6.07, 6.45) is 9.96. The van der Waals surface area contributed by atoms with E-state index in [0.29, 0.717) is 87.9 Å². The fraction of sp³-hybridized carbons (Fsp3) is 0.333. The molecule has 4 fully saturated rings. The van der Waals surface area contributed by atoms with E-state index in [2.05, 4.69) is 74.3 Å². The number of carbonyl (C=O) groups excluding carboxylic acids is 3. The highest BCUT2D eigenvalue weighted by atomic mass is 79.9.